The number of benzene rings is 3. The molecule has 5 aromatic rings. The molecule has 5 heteroatoms. The number of pyridine rings is 1. The Kier molecular flexibility index (Phi) is 6.31. The molecule has 0 atom stereocenters. The van der Waals surface area contributed by atoms with Crippen LogP contribution in [0.3, 0.4) is 0 Å². The molecule has 0 bridgehead atoms. The highest BCUT2D eigenvalue weighted by Crippen LogP contribution is 2.49. The predicted molar refractivity (Wildman–Crippen MR) is 196 cm³/mol. The van der Waals surface area contributed by atoms with Crippen LogP contribution in [-0.4, -0.2) is 11.7 Å². The molecule has 234 valence electrons. The van der Waals surface area contributed by atoms with Gasteiger partial charge in [-0.05, 0) is 108 Å². The number of thiophene rings is 1. The Balaban J connectivity index is 1.42. The molecular weight excluding hydrogens is 581 g/mol. The lowest BCUT2D eigenvalue weighted by molar-refractivity contribution is 0.330. The highest BCUT2D eigenvalue weighted by Gasteiger charge is 2.46. The quantitative estimate of drug-likeness (QED) is 0.183. The second-order valence-corrected chi connectivity index (χ2v) is 17.2. The van der Waals surface area contributed by atoms with Gasteiger partial charge in [0.2, 0.25) is 5.88 Å². The monoisotopic (exact) mass is 625 g/mol. The summed E-state index contributed by atoms with van der Waals surface area (Å²) in [6, 6.07) is 18.5. The van der Waals surface area contributed by atoms with E-state index in [4.69, 9.17) is 14.5 Å². The molecule has 2 aromatic heterocycles. The maximum Gasteiger partial charge on any atom is 0.275 e. The van der Waals surface area contributed by atoms with E-state index in [-0.39, 0.29) is 23.0 Å². The van der Waals surface area contributed by atoms with Crippen molar-refractivity contribution in [2.45, 2.75) is 105 Å². The topological polar surface area (TPSA) is 31.4 Å². The smallest absolute Gasteiger partial charge is 0.275 e. The third kappa shape index (κ3) is 4.26. The van der Waals surface area contributed by atoms with Crippen molar-refractivity contribution >= 4 is 43.8 Å². The normalized spacial score (nSPS) is 17.0. The van der Waals surface area contributed by atoms with Crippen molar-refractivity contribution in [1.82, 2.24) is 4.98 Å². The number of hydrogen-bond acceptors (Lipinski definition) is 4. The Morgan fingerprint density at radius 3 is 2.20 bits per heavy atom. The molecule has 0 radical (unpaired) electrons. The predicted octanol–water partition coefficient (Wildman–Crippen LogP) is 9.65. The van der Waals surface area contributed by atoms with Crippen LogP contribution in [0.25, 0.3) is 21.3 Å². The van der Waals surface area contributed by atoms with Crippen LogP contribution >= 0.6 is 11.3 Å². The number of nitrogens with zero attached hydrogens (tertiary/aromatic N) is 1. The molecule has 8 rings (SSSR count). The summed E-state index contributed by atoms with van der Waals surface area (Å²) in [6.45, 7) is 23.0. The zero-order chi connectivity index (χ0) is 32.5. The molecule has 3 nitrogen and oxygen atoms in total. The molecule has 0 unspecified atom stereocenters. The summed E-state index contributed by atoms with van der Waals surface area (Å²) in [4.78, 5) is 5.29. The van der Waals surface area contributed by atoms with Gasteiger partial charge in [0.25, 0.3) is 6.71 Å². The number of ether oxygens (including phenoxy) is 2. The van der Waals surface area contributed by atoms with Gasteiger partial charge in [-0.2, -0.15) is 0 Å². The SMILES string of the molecule is CCC(C)(C)c1ccc2sc3c(c2c1)Oc1cc(-c2c(C)cc(C)cc2C)nc2c1B3c1cc3c(cc1O2)C(C)(C)CCC3(C)C. The molecule has 0 spiro atoms. The summed E-state index contributed by atoms with van der Waals surface area (Å²) < 4.78 is 16.5. The summed E-state index contributed by atoms with van der Waals surface area (Å²) in [5, 5.41) is 1.21. The van der Waals surface area contributed by atoms with E-state index in [1.807, 2.05) is 11.3 Å². The zero-order valence-electron chi connectivity index (χ0n) is 29.0. The average Bonchev–Trinajstić information content (AvgIpc) is 3.36. The Morgan fingerprint density at radius 1 is 0.848 bits per heavy atom. The van der Waals surface area contributed by atoms with Gasteiger partial charge in [-0.25, -0.2) is 4.98 Å². The number of rotatable bonds is 3. The van der Waals surface area contributed by atoms with Gasteiger partial charge in [-0.3, -0.25) is 0 Å². The molecule has 1 aliphatic carbocycles. The van der Waals surface area contributed by atoms with Crippen LogP contribution < -0.4 is 25.2 Å². The van der Waals surface area contributed by atoms with Gasteiger partial charge >= 0.3 is 0 Å². The van der Waals surface area contributed by atoms with E-state index in [9.17, 15) is 0 Å². The van der Waals surface area contributed by atoms with Gasteiger partial charge in [-0.15, -0.1) is 11.3 Å². The lowest BCUT2D eigenvalue weighted by Gasteiger charge is -2.43. The van der Waals surface area contributed by atoms with Crippen molar-refractivity contribution in [3.8, 4) is 34.4 Å². The minimum absolute atomic E-state index is 0.00503. The van der Waals surface area contributed by atoms with Crippen LogP contribution in [0.15, 0.2) is 48.5 Å². The fraction of sp³-hybridized carbons (Fsp3) is 0.390. The van der Waals surface area contributed by atoms with Gasteiger partial charge < -0.3 is 9.47 Å². The zero-order valence-corrected chi connectivity index (χ0v) is 29.8. The lowest BCUT2D eigenvalue weighted by Crippen LogP contribution is -2.57. The summed E-state index contributed by atoms with van der Waals surface area (Å²) in [6.07, 6.45) is 3.41. The lowest BCUT2D eigenvalue weighted by atomic mass is 9.37. The molecule has 2 aliphatic heterocycles. The Bertz CT molecular complexity index is 2090. The standard InChI is InChI=1S/C41H44BNO2S/c1-11-39(5,6)25-12-13-33-26(18-25)36-37(46-33)42-29-19-27-28(41(9,10)15-14-40(27,7)8)20-31(29)45-38-35(42)32(44-36)21-30(43-38)34-23(3)16-22(2)17-24(34)4/h12-13,16-21H,11,14-15H2,1-10H3. The first kappa shape index (κ1) is 29.8. The van der Waals surface area contributed by atoms with Gasteiger partial charge in [0.1, 0.15) is 17.2 Å². The van der Waals surface area contributed by atoms with Crippen LogP contribution in [0.4, 0.5) is 0 Å². The maximum absolute atomic E-state index is 7.04. The highest BCUT2D eigenvalue weighted by molar-refractivity contribution is 7.33. The Morgan fingerprint density at radius 2 is 1.52 bits per heavy atom. The first-order valence-corrected chi connectivity index (χ1v) is 17.7. The number of aromatic nitrogens is 1. The number of hydrogen-bond donors (Lipinski definition) is 0. The van der Waals surface area contributed by atoms with Gasteiger partial charge in [0.05, 0.1) is 5.69 Å². The largest absolute Gasteiger partial charge is 0.457 e. The summed E-state index contributed by atoms with van der Waals surface area (Å²) in [5.41, 5.74) is 12.5. The minimum Gasteiger partial charge on any atom is -0.457 e. The maximum atomic E-state index is 7.04. The Hall–Kier alpha value is -3.57. The van der Waals surface area contributed by atoms with Crippen LogP contribution in [0.5, 0.6) is 23.1 Å². The van der Waals surface area contributed by atoms with Gasteiger partial charge in [0, 0.05) is 32.0 Å². The molecule has 4 heterocycles. The van der Waals surface area contributed by atoms with Crippen molar-refractivity contribution in [2.75, 3.05) is 0 Å². The molecule has 46 heavy (non-hydrogen) atoms. The minimum atomic E-state index is 0.00503. The van der Waals surface area contributed by atoms with E-state index in [1.54, 1.807) is 0 Å². The first-order chi connectivity index (χ1) is 21.7. The summed E-state index contributed by atoms with van der Waals surface area (Å²) in [5.74, 6) is 3.47. The second kappa shape index (κ2) is 9.73. The number of fused-ring (bicyclic) bond motifs is 7. The summed E-state index contributed by atoms with van der Waals surface area (Å²) in [7, 11) is 0. The van der Waals surface area contributed by atoms with Crippen molar-refractivity contribution in [1.29, 1.82) is 0 Å². The molecule has 3 aliphatic rings. The van der Waals surface area contributed by atoms with E-state index < -0.39 is 0 Å². The van der Waals surface area contributed by atoms with E-state index in [2.05, 4.69) is 118 Å². The third-order valence-corrected chi connectivity index (χ3v) is 12.7. The van der Waals surface area contributed by atoms with Crippen LogP contribution in [-0.2, 0) is 16.2 Å². The molecule has 0 N–H and O–H groups in total. The molecule has 0 saturated heterocycles. The van der Waals surface area contributed by atoms with Crippen LogP contribution in [0.1, 0.15) is 101 Å². The Labute approximate surface area is 278 Å². The molecular formula is C41H44BNO2S. The number of aryl methyl sites for hydroxylation is 3. The first-order valence-electron chi connectivity index (χ1n) is 16.9. The van der Waals surface area contributed by atoms with E-state index in [1.165, 1.54) is 60.1 Å². The third-order valence-electron chi connectivity index (χ3n) is 11.5. The molecule has 0 fully saturated rings. The summed E-state index contributed by atoms with van der Waals surface area (Å²) >= 11 is 1.86. The van der Waals surface area contributed by atoms with Gasteiger partial charge in [-0.1, -0.05) is 78.3 Å². The fourth-order valence-corrected chi connectivity index (χ4v) is 9.47. The van der Waals surface area contributed by atoms with Crippen molar-refractivity contribution in [3.05, 3.63) is 81.9 Å². The fourth-order valence-electron chi connectivity index (χ4n) is 8.23. The van der Waals surface area contributed by atoms with E-state index in [0.29, 0.717) is 5.88 Å². The molecule has 0 saturated carbocycles. The average molecular weight is 626 g/mol. The van der Waals surface area contributed by atoms with Crippen molar-refractivity contribution < 1.29 is 9.47 Å². The van der Waals surface area contributed by atoms with Crippen LogP contribution in [0.2, 0.25) is 0 Å². The van der Waals surface area contributed by atoms with Crippen molar-refractivity contribution in [2.24, 2.45) is 0 Å². The van der Waals surface area contributed by atoms with Gasteiger partial charge in [0.15, 0.2) is 0 Å². The van der Waals surface area contributed by atoms with Crippen LogP contribution in [0, 0.1) is 20.8 Å². The molecule has 3 aromatic carbocycles. The highest BCUT2D eigenvalue weighted by atomic mass is 32.1. The van der Waals surface area contributed by atoms with Crippen molar-refractivity contribution in [3.63, 3.8) is 0 Å². The second-order valence-electron chi connectivity index (χ2n) is 16.1. The van der Waals surface area contributed by atoms with E-state index >= 15 is 0 Å². The molecule has 0 amide bonds. The van der Waals surface area contributed by atoms with E-state index in [0.717, 1.165) is 46.8 Å².